The van der Waals surface area contributed by atoms with Crippen molar-refractivity contribution in [1.82, 2.24) is 10.0 Å². The summed E-state index contributed by atoms with van der Waals surface area (Å²) in [6, 6.07) is 7.78. The molecule has 4 nitrogen and oxygen atoms in total. The highest BCUT2D eigenvalue weighted by molar-refractivity contribution is 9.10. The Hall–Kier alpha value is -0.430. The third-order valence-electron chi connectivity index (χ3n) is 3.92. The van der Waals surface area contributed by atoms with Crippen LogP contribution >= 0.6 is 15.9 Å². The van der Waals surface area contributed by atoms with Gasteiger partial charge in [0, 0.05) is 22.6 Å². The van der Waals surface area contributed by atoms with E-state index in [9.17, 15) is 8.42 Å². The van der Waals surface area contributed by atoms with Crippen LogP contribution in [0.1, 0.15) is 25.7 Å². The molecule has 104 valence electrons. The van der Waals surface area contributed by atoms with Crippen molar-refractivity contribution in [2.75, 3.05) is 0 Å². The molecule has 2 unspecified atom stereocenters. The molecule has 0 amide bonds. The minimum absolute atomic E-state index is 0.0624. The zero-order valence-corrected chi connectivity index (χ0v) is 12.9. The Morgan fingerprint density at radius 1 is 1.11 bits per heavy atom. The van der Waals surface area contributed by atoms with E-state index in [1.54, 1.807) is 24.3 Å². The molecular weight excluding hydrogens is 328 g/mol. The number of halogens is 1. The van der Waals surface area contributed by atoms with Gasteiger partial charge >= 0.3 is 0 Å². The molecule has 0 radical (unpaired) electrons. The minimum atomic E-state index is -3.39. The lowest BCUT2D eigenvalue weighted by Gasteiger charge is -2.29. The van der Waals surface area contributed by atoms with Crippen LogP contribution in [-0.2, 0) is 10.0 Å². The molecule has 1 aromatic rings. The van der Waals surface area contributed by atoms with Crippen molar-refractivity contribution >= 4 is 26.0 Å². The van der Waals surface area contributed by atoms with Gasteiger partial charge in [-0.05, 0) is 49.9 Å². The largest absolute Gasteiger partial charge is 0.311 e. The van der Waals surface area contributed by atoms with Gasteiger partial charge in [0.25, 0.3) is 0 Å². The Bertz CT molecular complexity index is 547. The summed E-state index contributed by atoms with van der Waals surface area (Å²) in [5.74, 6) is 0. The molecule has 2 bridgehead atoms. The van der Waals surface area contributed by atoms with Crippen LogP contribution in [-0.4, -0.2) is 26.5 Å². The van der Waals surface area contributed by atoms with Gasteiger partial charge in [0.2, 0.25) is 10.0 Å². The van der Waals surface area contributed by atoms with Crippen LogP contribution in [0.5, 0.6) is 0 Å². The predicted molar refractivity (Wildman–Crippen MR) is 77.4 cm³/mol. The number of fused-ring (bicyclic) bond motifs is 2. The quantitative estimate of drug-likeness (QED) is 0.881. The zero-order chi connectivity index (χ0) is 13.5. The van der Waals surface area contributed by atoms with Crippen LogP contribution in [0.15, 0.2) is 33.6 Å². The lowest BCUT2D eigenvalue weighted by atomic mass is 10.0. The summed E-state index contributed by atoms with van der Waals surface area (Å²) in [5.41, 5.74) is 0. The number of hydrogen-bond acceptors (Lipinski definition) is 3. The predicted octanol–water partition coefficient (Wildman–Crippen LogP) is 2.01. The van der Waals surface area contributed by atoms with E-state index >= 15 is 0 Å². The van der Waals surface area contributed by atoms with E-state index in [1.807, 2.05) is 0 Å². The first kappa shape index (κ1) is 13.5. The third-order valence-corrected chi connectivity index (χ3v) is 5.98. The van der Waals surface area contributed by atoms with Crippen LogP contribution in [0.25, 0.3) is 0 Å². The summed E-state index contributed by atoms with van der Waals surface area (Å²) < 4.78 is 28.3. The van der Waals surface area contributed by atoms with Gasteiger partial charge in [0.1, 0.15) is 0 Å². The lowest BCUT2D eigenvalue weighted by Crippen LogP contribution is -2.47. The second-order valence-electron chi connectivity index (χ2n) is 5.38. The van der Waals surface area contributed by atoms with E-state index in [4.69, 9.17) is 0 Å². The molecule has 2 heterocycles. The number of benzene rings is 1. The van der Waals surface area contributed by atoms with Gasteiger partial charge in [-0.3, -0.25) is 0 Å². The topological polar surface area (TPSA) is 58.2 Å². The molecule has 2 aliphatic heterocycles. The van der Waals surface area contributed by atoms with E-state index in [0.29, 0.717) is 17.0 Å². The summed E-state index contributed by atoms with van der Waals surface area (Å²) in [5, 5.41) is 3.51. The number of rotatable bonds is 3. The normalized spacial score (nSPS) is 30.5. The van der Waals surface area contributed by atoms with Crippen molar-refractivity contribution in [2.24, 2.45) is 0 Å². The Labute approximate surface area is 122 Å². The number of sulfonamides is 1. The molecule has 1 aromatic carbocycles. The average Bonchev–Trinajstić information content (AvgIpc) is 2.69. The van der Waals surface area contributed by atoms with Crippen molar-refractivity contribution in [1.29, 1.82) is 0 Å². The molecular formula is C13H17BrN2O2S. The molecule has 2 N–H and O–H groups in total. The van der Waals surface area contributed by atoms with Crippen LogP contribution in [0.3, 0.4) is 0 Å². The third kappa shape index (κ3) is 3.02. The molecule has 2 atom stereocenters. The summed E-state index contributed by atoms with van der Waals surface area (Å²) >= 11 is 3.31. The second kappa shape index (κ2) is 5.16. The van der Waals surface area contributed by atoms with Crippen LogP contribution < -0.4 is 10.0 Å². The van der Waals surface area contributed by atoms with Crippen molar-refractivity contribution in [3.8, 4) is 0 Å². The lowest BCUT2D eigenvalue weighted by molar-refractivity contribution is 0.345. The smallest absolute Gasteiger partial charge is 0.240 e. The van der Waals surface area contributed by atoms with Gasteiger partial charge in [-0.1, -0.05) is 15.9 Å². The maximum Gasteiger partial charge on any atom is 0.240 e. The summed E-state index contributed by atoms with van der Waals surface area (Å²) in [6.45, 7) is 0. The summed E-state index contributed by atoms with van der Waals surface area (Å²) in [6.07, 6.45) is 4.13. The first-order valence-corrected chi connectivity index (χ1v) is 8.84. The van der Waals surface area contributed by atoms with Crippen molar-refractivity contribution in [2.45, 2.75) is 48.7 Å². The Morgan fingerprint density at radius 3 is 2.26 bits per heavy atom. The zero-order valence-electron chi connectivity index (χ0n) is 10.5. The van der Waals surface area contributed by atoms with Crippen LogP contribution in [0, 0.1) is 0 Å². The van der Waals surface area contributed by atoms with E-state index < -0.39 is 10.0 Å². The SMILES string of the molecule is O=S(=O)(NC1CC2CCC(C1)N2)c1ccc(Br)cc1. The Kier molecular flexibility index (Phi) is 3.68. The molecule has 0 aliphatic carbocycles. The highest BCUT2D eigenvalue weighted by Crippen LogP contribution is 2.27. The Morgan fingerprint density at radius 2 is 1.68 bits per heavy atom. The van der Waals surface area contributed by atoms with E-state index in [0.717, 1.165) is 17.3 Å². The Balaban J connectivity index is 1.73. The van der Waals surface area contributed by atoms with Crippen LogP contribution in [0.4, 0.5) is 0 Å². The van der Waals surface area contributed by atoms with E-state index in [1.165, 1.54) is 12.8 Å². The molecule has 0 aromatic heterocycles. The standard InChI is InChI=1S/C13H17BrN2O2S/c14-9-1-5-13(6-2-9)19(17,18)16-12-7-10-3-4-11(8-12)15-10/h1-2,5-6,10-12,15-16H,3-4,7-8H2. The molecule has 0 spiro atoms. The first-order chi connectivity index (χ1) is 9.03. The average molecular weight is 345 g/mol. The van der Waals surface area contributed by atoms with Crippen molar-refractivity contribution in [3.05, 3.63) is 28.7 Å². The fourth-order valence-electron chi connectivity index (χ4n) is 3.05. The summed E-state index contributed by atoms with van der Waals surface area (Å²) in [7, 11) is -3.39. The second-order valence-corrected chi connectivity index (χ2v) is 8.01. The molecule has 3 rings (SSSR count). The highest BCUT2D eigenvalue weighted by Gasteiger charge is 2.35. The monoisotopic (exact) mass is 344 g/mol. The van der Waals surface area contributed by atoms with Crippen molar-refractivity contribution in [3.63, 3.8) is 0 Å². The molecule has 0 saturated carbocycles. The summed E-state index contributed by atoms with van der Waals surface area (Å²) in [4.78, 5) is 0.335. The van der Waals surface area contributed by atoms with E-state index in [2.05, 4.69) is 26.0 Å². The minimum Gasteiger partial charge on any atom is -0.311 e. The molecule has 2 aliphatic rings. The van der Waals surface area contributed by atoms with Crippen molar-refractivity contribution < 1.29 is 8.42 Å². The van der Waals surface area contributed by atoms with Gasteiger partial charge in [-0.25, -0.2) is 13.1 Å². The maximum atomic E-state index is 12.3. The van der Waals surface area contributed by atoms with E-state index in [-0.39, 0.29) is 6.04 Å². The number of hydrogen-bond donors (Lipinski definition) is 2. The molecule has 19 heavy (non-hydrogen) atoms. The molecule has 2 fully saturated rings. The van der Waals surface area contributed by atoms with Gasteiger partial charge in [-0.2, -0.15) is 0 Å². The number of nitrogens with one attached hydrogen (secondary N) is 2. The van der Waals surface area contributed by atoms with Crippen LogP contribution in [0.2, 0.25) is 0 Å². The van der Waals surface area contributed by atoms with Gasteiger partial charge in [0.05, 0.1) is 4.90 Å². The van der Waals surface area contributed by atoms with Gasteiger partial charge in [0.15, 0.2) is 0 Å². The fourth-order valence-corrected chi connectivity index (χ4v) is 4.58. The molecule has 6 heteroatoms. The maximum absolute atomic E-state index is 12.3. The van der Waals surface area contributed by atoms with Gasteiger partial charge < -0.3 is 5.32 Å². The molecule has 2 saturated heterocycles. The first-order valence-electron chi connectivity index (χ1n) is 6.57. The fraction of sp³-hybridized carbons (Fsp3) is 0.538. The number of piperidine rings is 1. The highest BCUT2D eigenvalue weighted by atomic mass is 79.9. The van der Waals surface area contributed by atoms with Gasteiger partial charge in [-0.15, -0.1) is 0 Å².